The Morgan fingerprint density at radius 3 is 2.22 bits per heavy atom. The van der Waals surface area contributed by atoms with Crippen LogP contribution in [0, 0.1) is 5.41 Å². The van der Waals surface area contributed by atoms with Crippen LogP contribution in [0.1, 0.15) is 51.4 Å². The zero-order valence-corrected chi connectivity index (χ0v) is 11.4. The second-order valence-corrected chi connectivity index (χ2v) is 5.97. The summed E-state index contributed by atoms with van der Waals surface area (Å²) in [5.74, 6) is 0. The lowest BCUT2D eigenvalue weighted by molar-refractivity contribution is 0.190. The van der Waals surface area contributed by atoms with Gasteiger partial charge in [-0.15, -0.1) is 0 Å². The molecule has 1 saturated carbocycles. The SMILES string of the molecule is NCC1(CNC(=O)N2CCCCCC2)CCCC1. The lowest BCUT2D eigenvalue weighted by atomic mass is 9.86. The van der Waals surface area contributed by atoms with E-state index >= 15 is 0 Å². The van der Waals surface area contributed by atoms with Crippen LogP contribution in [0.2, 0.25) is 0 Å². The second-order valence-electron chi connectivity index (χ2n) is 5.97. The van der Waals surface area contributed by atoms with E-state index in [9.17, 15) is 4.79 Å². The van der Waals surface area contributed by atoms with Gasteiger partial charge in [0.05, 0.1) is 0 Å². The van der Waals surface area contributed by atoms with Gasteiger partial charge in [-0.2, -0.15) is 0 Å². The Morgan fingerprint density at radius 1 is 1.06 bits per heavy atom. The number of nitrogens with one attached hydrogen (secondary N) is 1. The Balaban J connectivity index is 1.79. The molecule has 104 valence electrons. The summed E-state index contributed by atoms with van der Waals surface area (Å²) in [4.78, 5) is 14.1. The predicted octanol–water partition coefficient (Wildman–Crippen LogP) is 2.09. The molecule has 0 aromatic carbocycles. The molecule has 0 atom stereocenters. The maximum Gasteiger partial charge on any atom is 0.317 e. The number of carbonyl (C=O) groups is 1. The zero-order chi connectivity index (χ0) is 12.8. The average Bonchev–Trinajstić information content (AvgIpc) is 2.70. The number of nitrogens with zero attached hydrogens (tertiary/aromatic N) is 1. The molecule has 0 radical (unpaired) electrons. The molecule has 1 aliphatic heterocycles. The maximum atomic E-state index is 12.1. The van der Waals surface area contributed by atoms with Crippen molar-refractivity contribution in [1.82, 2.24) is 10.2 Å². The summed E-state index contributed by atoms with van der Waals surface area (Å²) in [5, 5.41) is 3.12. The van der Waals surface area contributed by atoms with E-state index in [-0.39, 0.29) is 11.4 Å². The smallest absolute Gasteiger partial charge is 0.317 e. The molecule has 4 nitrogen and oxygen atoms in total. The van der Waals surface area contributed by atoms with Crippen molar-refractivity contribution in [2.45, 2.75) is 51.4 Å². The Kier molecular flexibility index (Phi) is 4.87. The first-order chi connectivity index (χ1) is 8.76. The maximum absolute atomic E-state index is 12.1. The normalized spacial score (nSPS) is 23.7. The van der Waals surface area contributed by atoms with E-state index in [0.717, 1.165) is 32.5 Å². The standard InChI is InChI=1S/C14H27N3O/c15-11-14(7-3-4-8-14)12-16-13(18)17-9-5-1-2-6-10-17/h1-12,15H2,(H,16,18). The molecule has 1 heterocycles. The van der Waals surface area contributed by atoms with Gasteiger partial charge in [0.25, 0.3) is 0 Å². The van der Waals surface area contributed by atoms with Crippen LogP contribution < -0.4 is 11.1 Å². The van der Waals surface area contributed by atoms with Crippen LogP contribution in [-0.2, 0) is 0 Å². The molecule has 2 rings (SSSR count). The zero-order valence-electron chi connectivity index (χ0n) is 11.4. The highest BCUT2D eigenvalue weighted by Gasteiger charge is 2.33. The van der Waals surface area contributed by atoms with E-state index in [1.165, 1.54) is 38.5 Å². The molecule has 0 aromatic rings. The molecule has 3 N–H and O–H groups in total. The highest BCUT2D eigenvalue weighted by molar-refractivity contribution is 5.74. The third kappa shape index (κ3) is 3.37. The van der Waals surface area contributed by atoms with E-state index in [1.807, 2.05) is 4.90 Å². The van der Waals surface area contributed by atoms with Crippen molar-refractivity contribution in [2.24, 2.45) is 11.1 Å². The molecule has 0 spiro atoms. The van der Waals surface area contributed by atoms with Gasteiger partial charge in [0, 0.05) is 25.0 Å². The van der Waals surface area contributed by atoms with Crippen molar-refractivity contribution in [3.8, 4) is 0 Å². The quantitative estimate of drug-likeness (QED) is 0.809. The van der Waals surface area contributed by atoms with E-state index in [0.29, 0.717) is 6.54 Å². The number of likely N-dealkylation sites (tertiary alicyclic amines) is 1. The molecule has 0 bridgehead atoms. The number of carbonyl (C=O) groups excluding carboxylic acids is 1. The van der Waals surface area contributed by atoms with E-state index in [2.05, 4.69) is 5.32 Å². The Hall–Kier alpha value is -0.770. The van der Waals surface area contributed by atoms with Crippen LogP contribution >= 0.6 is 0 Å². The first-order valence-electron chi connectivity index (χ1n) is 7.49. The summed E-state index contributed by atoms with van der Waals surface area (Å²) >= 11 is 0. The fourth-order valence-electron chi connectivity index (χ4n) is 3.23. The Bertz CT molecular complexity index is 266. The van der Waals surface area contributed by atoms with Crippen LogP contribution in [0.25, 0.3) is 0 Å². The monoisotopic (exact) mass is 253 g/mol. The molecule has 2 fully saturated rings. The Morgan fingerprint density at radius 2 is 1.67 bits per heavy atom. The minimum absolute atomic E-state index is 0.122. The first-order valence-corrected chi connectivity index (χ1v) is 7.49. The van der Waals surface area contributed by atoms with Gasteiger partial charge < -0.3 is 16.0 Å². The van der Waals surface area contributed by atoms with Crippen molar-refractivity contribution in [2.75, 3.05) is 26.2 Å². The molecule has 4 heteroatoms. The largest absolute Gasteiger partial charge is 0.337 e. The van der Waals surface area contributed by atoms with Gasteiger partial charge in [-0.05, 0) is 32.2 Å². The summed E-state index contributed by atoms with van der Waals surface area (Å²) in [6.07, 6.45) is 9.68. The van der Waals surface area contributed by atoms with Crippen LogP contribution in [0.5, 0.6) is 0 Å². The summed E-state index contributed by atoms with van der Waals surface area (Å²) in [6.45, 7) is 3.30. The van der Waals surface area contributed by atoms with Gasteiger partial charge in [0.1, 0.15) is 0 Å². The predicted molar refractivity (Wildman–Crippen MR) is 73.4 cm³/mol. The van der Waals surface area contributed by atoms with Crippen LogP contribution in [0.4, 0.5) is 4.79 Å². The van der Waals surface area contributed by atoms with Crippen LogP contribution in [0.3, 0.4) is 0 Å². The Labute approximate surface area is 110 Å². The topological polar surface area (TPSA) is 58.4 Å². The summed E-state index contributed by atoms with van der Waals surface area (Å²) in [5.41, 5.74) is 6.08. The molecule has 2 aliphatic rings. The molecule has 18 heavy (non-hydrogen) atoms. The molecule has 1 saturated heterocycles. The number of hydrogen-bond donors (Lipinski definition) is 2. The van der Waals surface area contributed by atoms with Crippen molar-refractivity contribution in [1.29, 1.82) is 0 Å². The average molecular weight is 253 g/mol. The van der Waals surface area contributed by atoms with Crippen molar-refractivity contribution in [3.63, 3.8) is 0 Å². The van der Waals surface area contributed by atoms with Crippen molar-refractivity contribution in [3.05, 3.63) is 0 Å². The van der Waals surface area contributed by atoms with Crippen LogP contribution in [0.15, 0.2) is 0 Å². The lowest BCUT2D eigenvalue weighted by Crippen LogP contribution is -2.46. The third-order valence-electron chi connectivity index (χ3n) is 4.61. The van der Waals surface area contributed by atoms with Gasteiger partial charge in [-0.25, -0.2) is 4.79 Å². The second kappa shape index (κ2) is 6.41. The van der Waals surface area contributed by atoms with E-state index in [1.54, 1.807) is 0 Å². The van der Waals surface area contributed by atoms with Crippen LogP contribution in [-0.4, -0.2) is 37.1 Å². The fourth-order valence-corrected chi connectivity index (χ4v) is 3.23. The van der Waals surface area contributed by atoms with Crippen molar-refractivity contribution < 1.29 is 4.79 Å². The molecule has 0 aromatic heterocycles. The highest BCUT2D eigenvalue weighted by atomic mass is 16.2. The van der Waals surface area contributed by atoms with Gasteiger partial charge >= 0.3 is 6.03 Å². The van der Waals surface area contributed by atoms with Crippen molar-refractivity contribution >= 4 is 6.03 Å². The molecule has 0 unspecified atom stereocenters. The fraction of sp³-hybridized carbons (Fsp3) is 0.929. The van der Waals surface area contributed by atoms with Gasteiger partial charge in [0.2, 0.25) is 0 Å². The first kappa shape index (κ1) is 13.7. The number of nitrogens with two attached hydrogens (primary N) is 1. The number of rotatable bonds is 3. The molecular formula is C14H27N3O. The summed E-state index contributed by atoms with van der Waals surface area (Å²) < 4.78 is 0. The number of urea groups is 1. The van der Waals surface area contributed by atoms with Gasteiger partial charge in [0.15, 0.2) is 0 Å². The summed E-state index contributed by atoms with van der Waals surface area (Å²) in [6, 6.07) is 0.122. The minimum Gasteiger partial charge on any atom is -0.337 e. The molecular weight excluding hydrogens is 226 g/mol. The van der Waals surface area contributed by atoms with E-state index in [4.69, 9.17) is 5.73 Å². The highest BCUT2D eigenvalue weighted by Crippen LogP contribution is 2.36. The molecule has 1 aliphatic carbocycles. The van der Waals surface area contributed by atoms with Gasteiger partial charge in [-0.1, -0.05) is 25.7 Å². The summed E-state index contributed by atoms with van der Waals surface area (Å²) in [7, 11) is 0. The lowest BCUT2D eigenvalue weighted by Gasteiger charge is -2.29. The molecule has 2 amide bonds. The number of hydrogen-bond acceptors (Lipinski definition) is 2. The number of amides is 2. The van der Waals surface area contributed by atoms with E-state index < -0.39 is 0 Å². The third-order valence-corrected chi connectivity index (χ3v) is 4.61. The minimum atomic E-state index is 0.122. The van der Waals surface area contributed by atoms with Gasteiger partial charge in [-0.3, -0.25) is 0 Å².